The molecule has 1 aromatic heterocycles. The molecule has 2 rings (SSSR count). The number of rotatable bonds is 8. The summed E-state index contributed by atoms with van der Waals surface area (Å²) in [5, 5.41) is 0. The first kappa shape index (κ1) is 17.7. The van der Waals surface area contributed by atoms with Crippen LogP contribution in [0.1, 0.15) is 43.2 Å². The summed E-state index contributed by atoms with van der Waals surface area (Å²) in [5.41, 5.74) is 9.99. The smallest absolute Gasteiger partial charge is 0.305 e. The minimum atomic E-state index is -0.138. The number of anilines is 1. The molecule has 1 heterocycles. The van der Waals surface area contributed by atoms with Crippen LogP contribution in [0.3, 0.4) is 0 Å². The minimum Gasteiger partial charge on any atom is -0.469 e. The average molecular weight is 324 g/mol. The van der Waals surface area contributed by atoms with Crippen LogP contribution >= 0.6 is 0 Å². The zero-order valence-electron chi connectivity index (χ0n) is 14.1. The zero-order valence-corrected chi connectivity index (χ0v) is 14.1. The maximum absolute atomic E-state index is 11.1. The van der Waals surface area contributed by atoms with E-state index in [1.807, 2.05) is 30.5 Å². The molecule has 0 spiro atoms. The predicted octanol–water partition coefficient (Wildman–Crippen LogP) is 4.22. The lowest BCUT2D eigenvalue weighted by Gasteiger charge is -2.09. The Hall–Kier alpha value is -2.62. The van der Waals surface area contributed by atoms with Crippen LogP contribution in [0.4, 0.5) is 5.69 Å². The van der Waals surface area contributed by atoms with Crippen molar-refractivity contribution < 1.29 is 9.53 Å². The second kappa shape index (κ2) is 9.50. The normalized spacial score (nSPS) is 11.3. The average Bonchev–Trinajstić information content (AvgIpc) is 2.61. The van der Waals surface area contributed by atoms with Gasteiger partial charge in [-0.05, 0) is 48.6 Å². The number of pyridine rings is 1. The van der Waals surface area contributed by atoms with Crippen molar-refractivity contribution in [2.45, 2.75) is 32.1 Å². The molecule has 1 aromatic carbocycles. The second-order valence-electron chi connectivity index (χ2n) is 5.66. The summed E-state index contributed by atoms with van der Waals surface area (Å²) >= 11 is 0. The number of methoxy groups -OCH3 is 1. The lowest BCUT2D eigenvalue weighted by Crippen LogP contribution is -1.99. The van der Waals surface area contributed by atoms with Crippen molar-refractivity contribution in [3.63, 3.8) is 0 Å². The maximum atomic E-state index is 11.1. The van der Waals surface area contributed by atoms with Crippen LogP contribution in [0.5, 0.6) is 0 Å². The second-order valence-corrected chi connectivity index (χ2v) is 5.66. The van der Waals surface area contributed by atoms with Crippen molar-refractivity contribution in [1.82, 2.24) is 4.98 Å². The monoisotopic (exact) mass is 324 g/mol. The number of ether oxygens (including phenoxy) is 1. The van der Waals surface area contributed by atoms with E-state index in [0.717, 1.165) is 48.1 Å². The SMILES string of the molecule is COC(=O)CCCCCC=C(c1cccnc1)c1cccc(N)c1. The van der Waals surface area contributed by atoms with Crippen molar-refractivity contribution >= 4 is 17.2 Å². The van der Waals surface area contributed by atoms with Crippen LogP contribution in [0, 0.1) is 0 Å². The Bertz CT molecular complexity index is 681. The molecule has 0 atom stereocenters. The molecule has 126 valence electrons. The van der Waals surface area contributed by atoms with Gasteiger partial charge in [0.1, 0.15) is 0 Å². The van der Waals surface area contributed by atoms with Crippen molar-refractivity contribution in [2.75, 3.05) is 12.8 Å². The van der Waals surface area contributed by atoms with Gasteiger partial charge in [-0.1, -0.05) is 30.7 Å². The van der Waals surface area contributed by atoms with Gasteiger partial charge in [-0.15, -0.1) is 0 Å². The third kappa shape index (κ3) is 5.54. The molecular formula is C20H24N2O2. The number of hydrogen-bond acceptors (Lipinski definition) is 4. The van der Waals surface area contributed by atoms with Crippen LogP contribution in [0.15, 0.2) is 54.9 Å². The molecule has 0 radical (unpaired) electrons. The van der Waals surface area contributed by atoms with E-state index in [1.165, 1.54) is 7.11 Å². The molecule has 0 aliphatic carbocycles. The number of benzene rings is 1. The number of nitrogens with zero attached hydrogens (tertiary/aromatic N) is 1. The van der Waals surface area contributed by atoms with Crippen molar-refractivity contribution in [3.8, 4) is 0 Å². The highest BCUT2D eigenvalue weighted by Gasteiger charge is 2.05. The Kier molecular flexibility index (Phi) is 7.02. The summed E-state index contributed by atoms with van der Waals surface area (Å²) in [7, 11) is 1.43. The Morgan fingerprint density at radius 3 is 2.71 bits per heavy atom. The number of carbonyl (C=O) groups excluding carboxylic acids is 1. The number of unbranched alkanes of at least 4 members (excludes halogenated alkanes) is 3. The Balaban J connectivity index is 2.02. The lowest BCUT2D eigenvalue weighted by molar-refractivity contribution is -0.140. The van der Waals surface area contributed by atoms with E-state index >= 15 is 0 Å². The van der Waals surface area contributed by atoms with E-state index in [0.29, 0.717) is 6.42 Å². The van der Waals surface area contributed by atoms with Gasteiger partial charge in [0.05, 0.1) is 7.11 Å². The molecule has 0 aliphatic heterocycles. The molecule has 0 fully saturated rings. The van der Waals surface area contributed by atoms with Gasteiger partial charge in [0, 0.05) is 30.1 Å². The van der Waals surface area contributed by atoms with Gasteiger partial charge in [-0.25, -0.2) is 0 Å². The summed E-state index contributed by atoms with van der Waals surface area (Å²) in [6, 6.07) is 11.9. The lowest BCUT2D eigenvalue weighted by atomic mass is 9.97. The largest absolute Gasteiger partial charge is 0.469 e. The van der Waals surface area contributed by atoms with Crippen LogP contribution < -0.4 is 5.73 Å². The molecule has 0 bridgehead atoms. The molecule has 0 saturated carbocycles. The van der Waals surface area contributed by atoms with Crippen molar-refractivity contribution in [1.29, 1.82) is 0 Å². The number of hydrogen-bond donors (Lipinski definition) is 1. The number of carbonyl (C=O) groups is 1. The molecule has 4 nitrogen and oxygen atoms in total. The van der Waals surface area contributed by atoms with Gasteiger partial charge < -0.3 is 10.5 Å². The fourth-order valence-corrected chi connectivity index (χ4v) is 2.57. The number of aromatic nitrogens is 1. The van der Waals surface area contributed by atoms with Gasteiger partial charge in [-0.2, -0.15) is 0 Å². The zero-order chi connectivity index (χ0) is 17.2. The first-order valence-electron chi connectivity index (χ1n) is 8.24. The van der Waals surface area contributed by atoms with Gasteiger partial charge >= 0.3 is 5.97 Å². The van der Waals surface area contributed by atoms with Crippen LogP contribution in [-0.4, -0.2) is 18.1 Å². The molecule has 2 N–H and O–H groups in total. The molecular weight excluding hydrogens is 300 g/mol. The molecule has 0 amide bonds. The first-order valence-corrected chi connectivity index (χ1v) is 8.24. The fraction of sp³-hybridized carbons (Fsp3) is 0.300. The topological polar surface area (TPSA) is 65.2 Å². The van der Waals surface area contributed by atoms with E-state index in [9.17, 15) is 4.79 Å². The Morgan fingerprint density at radius 2 is 2.00 bits per heavy atom. The molecule has 2 aromatic rings. The van der Waals surface area contributed by atoms with Gasteiger partial charge in [0.25, 0.3) is 0 Å². The standard InChI is InChI=1S/C20H24N2O2/c1-24-20(23)12-5-3-2-4-11-19(17-9-7-13-22-15-17)16-8-6-10-18(21)14-16/h6-11,13-15H,2-5,12,21H2,1H3. The Labute approximate surface area is 143 Å². The minimum absolute atomic E-state index is 0.138. The molecule has 4 heteroatoms. The van der Waals surface area contributed by atoms with Crippen LogP contribution in [0.2, 0.25) is 0 Å². The van der Waals surface area contributed by atoms with Crippen molar-refractivity contribution in [2.24, 2.45) is 0 Å². The number of nitrogens with two attached hydrogens (primary N) is 1. The summed E-state index contributed by atoms with van der Waals surface area (Å²) in [6.07, 6.45) is 10.2. The fourth-order valence-electron chi connectivity index (χ4n) is 2.57. The maximum Gasteiger partial charge on any atom is 0.305 e. The Morgan fingerprint density at radius 1 is 1.17 bits per heavy atom. The van der Waals surface area contributed by atoms with Gasteiger partial charge in [-0.3, -0.25) is 9.78 Å². The summed E-state index contributed by atoms with van der Waals surface area (Å²) in [4.78, 5) is 15.3. The van der Waals surface area contributed by atoms with Crippen LogP contribution in [-0.2, 0) is 9.53 Å². The van der Waals surface area contributed by atoms with E-state index in [4.69, 9.17) is 5.73 Å². The highest BCUT2D eigenvalue weighted by atomic mass is 16.5. The predicted molar refractivity (Wildman–Crippen MR) is 97.3 cm³/mol. The summed E-state index contributed by atoms with van der Waals surface area (Å²) in [6.45, 7) is 0. The van der Waals surface area contributed by atoms with E-state index in [-0.39, 0.29) is 5.97 Å². The summed E-state index contributed by atoms with van der Waals surface area (Å²) in [5.74, 6) is -0.138. The van der Waals surface area contributed by atoms with E-state index in [2.05, 4.69) is 27.9 Å². The number of nitrogen functional groups attached to an aromatic ring is 1. The van der Waals surface area contributed by atoms with Crippen LogP contribution in [0.25, 0.3) is 5.57 Å². The van der Waals surface area contributed by atoms with Crippen molar-refractivity contribution in [3.05, 3.63) is 66.0 Å². The molecule has 0 unspecified atom stereocenters. The quantitative estimate of drug-likeness (QED) is 0.448. The molecule has 24 heavy (non-hydrogen) atoms. The van der Waals surface area contributed by atoms with E-state index in [1.54, 1.807) is 6.20 Å². The first-order chi connectivity index (χ1) is 11.7. The summed E-state index contributed by atoms with van der Waals surface area (Å²) < 4.78 is 4.65. The highest BCUT2D eigenvalue weighted by molar-refractivity contribution is 5.80. The van der Waals surface area contributed by atoms with Gasteiger partial charge in [0.2, 0.25) is 0 Å². The third-order valence-electron chi connectivity index (χ3n) is 3.83. The number of esters is 1. The third-order valence-corrected chi connectivity index (χ3v) is 3.83. The molecule has 0 aliphatic rings. The highest BCUT2D eigenvalue weighted by Crippen LogP contribution is 2.25. The number of allylic oxidation sites excluding steroid dienone is 1. The van der Waals surface area contributed by atoms with E-state index < -0.39 is 0 Å². The van der Waals surface area contributed by atoms with Gasteiger partial charge in [0.15, 0.2) is 0 Å². The molecule has 0 saturated heterocycles.